The monoisotopic (exact) mass is 292 g/mol. The van der Waals surface area contributed by atoms with Gasteiger partial charge in [-0.1, -0.05) is 23.2 Å². The molecule has 19 heavy (non-hydrogen) atoms. The van der Waals surface area contributed by atoms with Crippen molar-refractivity contribution >= 4 is 40.3 Å². The van der Waals surface area contributed by atoms with E-state index in [9.17, 15) is 0 Å². The first kappa shape index (κ1) is 12.3. The first-order valence-electron chi connectivity index (χ1n) is 5.62. The van der Waals surface area contributed by atoms with Crippen molar-refractivity contribution in [1.82, 2.24) is 14.5 Å². The van der Waals surface area contributed by atoms with Crippen molar-refractivity contribution in [3.63, 3.8) is 0 Å². The molecule has 0 saturated heterocycles. The minimum absolute atomic E-state index is 0.353. The molecule has 3 rings (SSSR count). The Kier molecular flexibility index (Phi) is 2.84. The molecule has 96 valence electrons. The molecule has 0 aliphatic carbocycles. The number of halogens is 2. The summed E-state index contributed by atoms with van der Waals surface area (Å²) < 4.78 is 1.74. The van der Waals surface area contributed by atoms with E-state index in [0.717, 1.165) is 16.9 Å². The number of imidazole rings is 1. The Morgan fingerprint density at radius 3 is 2.42 bits per heavy atom. The highest BCUT2D eigenvalue weighted by Crippen LogP contribution is 2.26. The Morgan fingerprint density at radius 2 is 1.74 bits per heavy atom. The van der Waals surface area contributed by atoms with E-state index in [-0.39, 0.29) is 0 Å². The summed E-state index contributed by atoms with van der Waals surface area (Å²) in [4.78, 5) is 8.75. The average molecular weight is 293 g/mol. The molecule has 0 amide bonds. The number of pyridine rings is 1. The lowest BCUT2D eigenvalue weighted by Gasteiger charge is -2.07. The van der Waals surface area contributed by atoms with Crippen LogP contribution >= 0.6 is 23.2 Å². The Morgan fingerprint density at radius 1 is 1.05 bits per heavy atom. The van der Waals surface area contributed by atoms with Crippen molar-refractivity contribution in [2.45, 2.75) is 6.92 Å². The van der Waals surface area contributed by atoms with Gasteiger partial charge in [-0.05, 0) is 37.3 Å². The first-order valence-corrected chi connectivity index (χ1v) is 6.38. The molecule has 4 nitrogen and oxygen atoms in total. The van der Waals surface area contributed by atoms with Crippen LogP contribution < -0.4 is 5.73 Å². The SMILES string of the molecule is Cc1ccc2nc(N)n(-c3cc(Cl)cc(Cl)c3)c2n1. The largest absolute Gasteiger partial charge is 0.369 e. The molecule has 0 fully saturated rings. The second kappa shape index (κ2) is 4.40. The summed E-state index contributed by atoms with van der Waals surface area (Å²) in [6.45, 7) is 1.91. The molecule has 0 aliphatic rings. The third kappa shape index (κ3) is 2.13. The molecule has 0 saturated carbocycles. The quantitative estimate of drug-likeness (QED) is 0.745. The van der Waals surface area contributed by atoms with Gasteiger partial charge in [0.15, 0.2) is 5.65 Å². The fraction of sp³-hybridized carbons (Fsp3) is 0.0769. The van der Waals surface area contributed by atoms with Crippen LogP contribution in [0.5, 0.6) is 0 Å². The van der Waals surface area contributed by atoms with Gasteiger partial charge in [0.2, 0.25) is 5.95 Å². The Labute approximate surface area is 119 Å². The predicted octanol–water partition coefficient (Wildman–Crippen LogP) is 3.62. The Balaban J connectivity index is 2.35. The summed E-state index contributed by atoms with van der Waals surface area (Å²) in [6, 6.07) is 8.99. The predicted molar refractivity (Wildman–Crippen MR) is 78.0 cm³/mol. The molecule has 0 unspecified atom stereocenters. The van der Waals surface area contributed by atoms with Crippen LogP contribution in [0.25, 0.3) is 16.9 Å². The third-order valence-corrected chi connectivity index (χ3v) is 3.21. The van der Waals surface area contributed by atoms with E-state index in [4.69, 9.17) is 28.9 Å². The molecule has 0 spiro atoms. The highest BCUT2D eigenvalue weighted by Gasteiger charge is 2.12. The summed E-state index contributed by atoms with van der Waals surface area (Å²) >= 11 is 12.0. The zero-order valence-electron chi connectivity index (χ0n) is 10.1. The van der Waals surface area contributed by atoms with Gasteiger partial charge >= 0.3 is 0 Å². The van der Waals surface area contributed by atoms with Crippen LogP contribution in [0.2, 0.25) is 10.0 Å². The van der Waals surface area contributed by atoms with Gasteiger partial charge in [-0.3, -0.25) is 4.57 Å². The van der Waals surface area contributed by atoms with Gasteiger partial charge in [0.25, 0.3) is 0 Å². The smallest absolute Gasteiger partial charge is 0.207 e. The van der Waals surface area contributed by atoms with Crippen LogP contribution in [-0.2, 0) is 0 Å². The number of fused-ring (bicyclic) bond motifs is 1. The second-order valence-corrected chi connectivity index (χ2v) is 5.10. The molecular formula is C13H10Cl2N4. The van der Waals surface area contributed by atoms with Crippen LogP contribution in [0.3, 0.4) is 0 Å². The van der Waals surface area contributed by atoms with Crippen LogP contribution in [-0.4, -0.2) is 14.5 Å². The molecule has 0 bridgehead atoms. The number of hydrogen-bond donors (Lipinski definition) is 1. The highest BCUT2D eigenvalue weighted by atomic mass is 35.5. The maximum absolute atomic E-state index is 6.02. The highest BCUT2D eigenvalue weighted by molar-refractivity contribution is 6.34. The fourth-order valence-corrected chi connectivity index (χ4v) is 2.51. The maximum atomic E-state index is 6.02. The van der Waals surface area contributed by atoms with E-state index < -0.39 is 0 Å². The minimum Gasteiger partial charge on any atom is -0.369 e. The molecule has 2 aromatic heterocycles. The number of aromatic nitrogens is 3. The summed E-state index contributed by atoms with van der Waals surface area (Å²) in [7, 11) is 0. The van der Waals surface area contributed by atoms with Crippen LogP contribution in [0.15, 0.2) is 30.3 Å². The Bertz CT molecular complexity index is 759. The van der Waals surface area contributed by atoms with Gasteiger partial charge < -0.3 is 5.73 Å². The van der Waals surface area contributed by atoms with Gasteiger partial charge in [0.05, 0.1) is 5.69 Å². The maximum Gasteiger partial charge on any atom is 0.207 e. The number of rotatable bonds is 1. The van der Waals surface area contributed by atoms with Crippen molar-refractivity contribution in [2.75, 3.05) is 5.73 Å². The summed E-state index contributed by atoms with van der Waals surface area (Å²) in [6.07, 6.45) is 0. The number of nitrogen functional groups attached to an aromatic ring is 1. The summed E-state index contributed by atoms with van der Waals surface area (Å²) in [5.74, 6) is 0.353. The lowest BCUT2D eigenvalue weighted by molar-refractivity contribution is 1.07. The minimum atomic E-state index is 0.353. The second-order valence-electron chi connectivity index (χ2n) is 4.23. The topological polar surface area (TPSA) is 56.7 Å². The van der Waals surface area contributed by atoms with E-state index in [1.165, 1.54) is 0 Å². The normalized spacial score (nSPS) is 11.1. The molecular weight excluding hydrogens is 283 g/mol. The standard InChI is InChI=1S/C13H10Cl2N4/c1-7-2-3-11-12(17-7)19(13(16)18-11)10-5-8(14)4-9(15)6-10/h2-6H,1H3,(H2,16,18). The molecule has 2 heterocycles. The zero-order valence-corrected chi connectivity index (χ0v) is 11.6. The zero-order chi connectivity index (χ0) is 13.6. The molecule has 0 atom stereocenters. The van der Waals surface area contributed by atoms with Gasteiger partial charge in [-0.25, -0.2) is 9.97 Å². The molecule has 6 heteroatoms. The molecule has 2 N–H and O–H groups in total. The third-order valence-electron chi connectivity index (χ3n) is 2.78. The lowest BCUT2D eigenvalue weighted by Crippen LogP contribution is -2.01. The van der Waals surface area contributed by atoms with E-state index >= 15 is 0 Å². The van der Waals surface area contributed by atoms with Crippen molar-refractivity contribution in [3.8, 4) is 5.69 Å². The van der Waals surface area contributed by atoms with E-state index in [2.05, 4.69) is 9.97 Å². The van der Waals surface area contributed by atoms with Crippen LogP contribution in [0.1, 0.15) is 5.69 Å². The molecule has 0 aliphatic heterocycles. The van der Waals surface area contributed by atoms with E-state index in [1.807, 2.05) is 19.1 Å². The first-order chi connectivity index (χ1) is 9.04. The van der Waals surface area contributed by atoms with Crippen molar-refractivity contribution in [1.29, 1.82) is 0 Å². The number of nitrogens with two attached hydrogens (primary N) is 1. The average Bonchev–Trinajstić information content (AvgIpc) is 2.63. The molecule has 1 aromatic carbocycles. The van der Waals surface area contributed by atoms with Crippen molar-refractivity contribution in [2.24, 2.45) is 0 Å². The fourth-order valence-electron chi connectivity index (χ4n) is 1.99. The number of benzene rings is 1. The van der Waals surface area contributed by atoms with Crippen LogP contribution in [0, 0.1) is 6.92 Å². The van der Waals surface area contributed by atoms with Crippen LogP contribution in [0.4, 0.5) is 5.95 Å². The van der Waals surface area contributed by atoms with E-state index in [0.29, 0.717) is 21.6 Å². The number of anilines is 1. The van der Waals surface area contributed by atoms with Gasteiger partial charge in [-0.2, -0.15) is 0 Å². The summed E-state index contributed by atoms with van der Waals surface area (Å²) in [5.41, 5.74) is 9.02. The number of aryl methyl sites for hydroxylation is 1. The van der Waals surface area contributed by atoms with Gasteiger partial charge in [0.1, 0.15) is 5.52 Å². The molecule has 0 radical (unpaired) electrons. The molecule has 3 aromatic rings. The van der Waals surface area contributed by atoms with Crippen molar-refractivity contribution < 1.29 is 0 Å². The van der Waals surface area contributed by atoms with Crippen molar-refractivity contribution in [3.05, 3.63) is 46.1 Å². The Hall–Kier alpha value is -1.78. The number of nitrogens with zero attached hydrogens (tertiary/aromatic N) is 3. The number of hydrogen-bond acceptors (Lipinski definition) is 3. The summed E-state index contributed by atoms with van der Waals surface area (Å²) in [5, 5.41) is 1.08. The van der Waals surface area contributed by atoms with E-state index in [1.54, 1.807) is 22.8 Å². The van der Waals surface area contributed by atoms with Gasteiger partial charge in [0, 0.05) is 15.7 Å². The lowest BCUT2D eigenvalue weighted by atomic mass is 10.3. The van der Waals surface area contributed by atoms with Gasteiger partial charge in [-0.15, -0.1) is 0 Å².